The Morgan fingerprint density at radius 1 is 1.23 bits per heavy atom. The van der Waals surface area contributed by atoms with Crippen molar-refractivity contribution in [3.63, 3.8) is 0 Å². The van der Waals surface area contributed by atoms with E-state index in [0.29, 0.717) is 0 Å². The first-order valence-electron chi connectivity index (χ1n) is 5.34. The fourth-order valence-electron chi connectivity index (χ4n) is 1.31. The van der Waals surface area contributed by atoms with E-state index in [9.17, 15) is 0 Å². The first-order valence-corrected chi connectivity index (χ1v) is 5.34. The lowest BCUT2D eigenvalue weighted by molar-refractivity contribution is 0.401. The summed E-state index contributed by atoms with van der Waals surface area (Å²) in [6, 6.07) is 2.36. The Hall–Kier alpha value is -0.550. The molecule has 0 aromatic carbocycles. The van der Waals surface area contributed by atoms with E-state index in [1.165, 1.54) is 12.8 Å². The fraction of sp³-hybridized carbons (Fsp3) is 0.909. The van der Waals surface area contributed by atoms with Crippen LogP contribution in [-0.4, -0.2) is 12.1 Å². The molecule has 13 heavy (non-hydrogen) atoms. The van der Waals surface area contributed by atoms with Crippen molar-refractivity contribution in [3.8, 4) is 6.07 Å². The zero-order chi connectivity index (χ0) is 10.2. The Kier molecular flexibility index (Phi) is 6.62. The minimum absolute atomic E-state index is 0.300. The molecular formula is C11H22N2. The molecule has 0 aliphatic heterocycles. The minimum Gasteiger partial charge on any atom is -0.300 e. The number of nitriles is 1. The van der Waals surface area contributed by atoms with Crippen LogP contribution in [-0.2, 0) is 0 Å². The topological polar surface area (TPSA) is 35.8 Å². The van der Waals surface area contributed by atoms with Crippen molar-refractivity contribution in [1.29, 1.82) is 5.26 Å². The molecule has 2 heteroatoms. The molecule has 0 saturated heterocycles. The van der Waals surface area contributed by atoms with Crippen LogP contribution in [0.5, 0.6) is 0 Å². The van der Waals surface area contributed by atoms with E-state index in [0.717, 1.165) is 25.8 Å². The highest BCUT2D eigenvalue weighted by molar-refractivity contribution is 5.03. The van der Waals surface area contributed by atoms with Gasteiger partial charge in [0.25, 0.3) is 0 Å². The average Bonchev–Trinajstić information content (AvgIpc) is 2.15. The highest BCUT2D eigenvalue weighted by Crippen LogP contribution is 2.13. The Morgan fingerprint density at radius 2 is 1.92 bits per heavy atom. The maximum atomic E-state index is 9.00. The number of nitrogens with zero attached hydrogens (tertiary/aromatic N) is 1. The van der Waals surface area contributed by atoms with Crippen molar-refractivity contribution in [1.82, 2.24) is 5.32 Å². The Labute approximate surface area is 82.3 Å². The van der Waals surface area contributed by atoms with Crippen LogP contribution in [0, 0.1) is 11.3 Å². The van der Waals surface area contributed by atoms with E-state index >= 15 is 0 Å². The molecule has 0 saturated carbocycles. The van der Waals surface area contributed by atoms with Gasteiger partial charge in [0.15, 0.2) is 0 Å². The highest BCUT2D eigenvalue weighted by atomic mass is 15.0. The van der Waals surface area contributed by atoms with Crippen LogP contribution in [0.25, 0.3) is 0 Å². The average molecular weight is 182 g/mol. The van der Waals surface area contributed by atoms with Crippen LogP contribution < -0.4 is 5.32 Å². The van der Waals surface area contributed by atoms with Crippen molar-refractivity contribution in [3.05, 3.63) is 0 Å². The maximum Gasteiger partial charge on any atom is 0.103 e. The van der Waals surface area contributed by atoms with Crippen LogP contribution in [0.1, 0.15) is 52.9 Å². The highest BCUT2D eigenvalue weighted by Gasteiger charge is 2.21. The van der Waals surface area contributed by atoms with Gasteiger partial charge in [0.05, 0.1) is 6.07 Å². The van der Waals surface area contributed by atoms with Crippen LogP contribution >= 0.6 is 0 Å². The van der Waals surface area contributed by atoms with Crippen molar-refractivity contribution >= 4 is 0 Å². The normalized spacial score (nSPS) is 14.9. The maximum absolute atomic E-state index is 9.00. The number of hydrogen-bond donors (Lipinski definition) is 1. The summed E-state index contributed by atoms with van der Waals surface area (Å²) in [6.07, 6.45) is 5.65. The lowest BCUT2D eigenvalue weighted by Gasteiger charge is -2.22. The molecule has 1 N–H and O–H groups in total. The standard InChI is InChI=1S/C11H22N2/c1-4-6-7-8-11(3,10-12)13-9-5-2/h13H,4-9H2,1-3H3. The lowest BCUT2D eigenvalue weighted by atomic mass is 9.96. The predicted molar refractivity (Wildman–Crippen MR) is 56.5 cm³/mol. The SMILES string of the molecule is CCCCCC(C)(C#N)NCCC. The molecule has 0 bridgehead atoms. The van der Waals surface area contributed by atoms with Gasteiger partial charge in [-0.2, -0.15) is 5.26 Å². The molecule has 0 rings (SSSR count). The van der Waals surface area contributed by atoms with Crippen LogP contribution in [0.4, 0.5) is 0 Å². The molecule has 0 heterocycles. The Balaban J connectivity index is 3.76. The Morgan fingerprint density at radius 3 is 2.38 bits per heavy atom. The molecule has 0 radical (unpaired) electrons. The van der Waals surface area contributed by atoms with E-state index in [4.69, 9.17) is 5.26 Å². The van der Waals surface area contributed by atoms with Crippen LogP contribution in [0.3, 0.4) is 0 Å². The summed E-state index contributed by atoms with van der Waals surface area (Å²) in [5, 5.41) is 12.3. The molecule has 0 amide bonds. The van der Waals surface area contributed by atoms with E-state index in [1.54, 1.807) is 0 Å². The van der Waals surface area contributed by atoms with Crippen molar-refractivity contribution < 1.29 is 0 Å². The second-order valence-corrected chi connectivity index (χ2v) is 3.83. The van der Waals surface area contributed by atoms with Gasteiger partial charge in [-0.15, -0.1) is 0 Å². The first kappa shape index (κ1) is 12.4. The third kappa shape index (κ3) is 5.65. The summed E-state index contributed by atoms with van der Waals surface area (Å²) in [6.45, 7) is 7.24. The van der Waals surface area contributed by atoms with Crippen molar-refractivity contribution in [2.75, 3.05) is 6.54 Å². The molecule has 76 valence electrons. The van der Waals surface area contributed by atoms with E-state index in [2.05, 4.69) is 25.2 Å². The number of nitrogens with one attached hydrogen (secondary N) is 1. The third-order valence-corrected chi connectivity index (χ3v) is 2.29. The molecule has 2 nitrogen and oxygen atoms in total. The molecule has 0 aromatic heterocycles. The van der Waals surface area contributed by atoms with Crippen LogP contribution in [0.15, 0.2) is 0 Å². The summed E-state index contributed by atoms with van der Waals surface area (Å²) in [5.41, 5.74) is -0.300. The van der Waals surface area contributed by atoms with Gasteiger partial charge in [-0.3, -0.25) is 5.32 Å². The molecule has 0 fully saturated rings. The molecule has 0 spiro atoms. The predicted octanol–water partition coefficient (Wildman–Crippen LogP) is 2.85. The first-order chi connectivity index (χ1) is 6.18. The monoisotopic (exact) mass is 182 g/mol. The zero-order valence-corrected chi connectivity index (χ0v) is 9.19. The Bertz CT molecular complexity index is 160. The minimum atomic E-state index is -0.300. The largest absolute Gasteiger partial charge is 0.300 e. The van der Waals surface area contributed by atoms with Crippen LogP contribution in [0.2, 0.25) is 0 Å². The van der Waals surface area contributed by atoms with Gasteiger partial charge in [0.1, 0.15) is 5.54 Å². The van der Waals surface area contributed by atoms with Gasteiger partial charge in [-0.25, -0.2) is 0 Å². The zero-order valence-electron chi connectivity index (χ0n) is 9.19. The van der Waals surface area contributed by atoms with E-state index in [1.807, 2.05) is 6.92 Å². The second-order valence-electron chi connectivity index (χ2n) is 3.83. The van der Waals surface area contributed by atoms with Gasteiger partial charge >= 0.3 is 0 Å². The number of unbranched alkanes of at least 4 members (excludes halogenated alkanes) is 2. The second kappa shape index (κ2) is 6.91. The molecule has 0 aliphatic rings. The lowest BCUT2D eigenvalue weighted by Crippen LogP contribution is -2.41. The van der Waals surface area contributed by atoms with Gasteiger partial charge in [-0.1, -0.05) is 33.1 Å². The fourth-order valence-corrected chi connectivity index (χ4v) is 1.31. The number of rotatable bonds is 7. The summed E-state index contributed by atoms with van der Waals surface area (Å²) in [7, 11) is 0. The molecule has 0 aromatic rings. The van der Waals surface area contributed by atoms with Gasteiger partial charge in [-0.05, 0) is 26.3 Å². The van der Waals surface area contributed by atoms with E-state index in [-0.39, 0.29) is 5.54 Å². The quantitative estimate of drug-likeness (QED) is 0.614. The summed E-state index contributed by atoms with van der Waals surface area (Å²) < 4.78 is 0. The summed E-state index contributed by atoms with van der Waals surface area (Å²) >= 11 is 0. The molecular weight excluding hydrogens is 160 g/mol. The molecule has 1 atom stereocenters. The summed E-state index contributed by atoms with van der Waals surface area (Å²) in [5.74, 6) is 0. The van der Waals surface area contributed by atoms with Crippen molar-refractivity contribution in [2.45, 2.75) is 58.4 Å². The van der Waals surface area contributed by atoms with Gasteiger partial charge in [0, 0.05) is 0 Å². The van der Waals surface area contributed by atoms with Gasteiger partial charge < -0.3 is 0 Å². The number of hydrogen-bond acceptors (Lipinski definition) is 2. The third-order valence-electron chi connectivity index (χ3n) is 2.29. The van der Waals surface area contributed by atoms with Gasteiger partial charge in [0.2, 0.25) is 0 Å². The van der Waals surface area contributed by atoms with E-state index < -0.39 is 0 Å². The molecule has 1 unspecified atom stereocenters. The van der Waals surface area contributed by atoms with Crippen molar-refractivity contribution in [2.24, 2.45) is 0 Å². The molecule has 0 aliphatic carbocycles. The smallest absolute Gasteiger partial charge is 0.103 e. The summed E-state index contributed by atoms with van der Waals surface area (Å²) in [4.78, 5) is 0.